The van der Waals surface area contributed by atoms with Gasteiger partial charge in [-0.2, -0.15) is 0 Å². The van der Waals surface area contributed by atoms with Crippen molar-refractivity contribution in [2.24, 2.45) is 0 Å². The summed E-state index contributed by atoms with van der Waals surface area (Å²) in [5, 5.41) is 2.96. The van der Waals surface area contributed by atoms with Crippen LogP contribution in [0.5, 0.6) is 0 Å². The van der Waals surface area contributed by atoms with Crippen molar-refractivity contribution in [3.05, 3.63) is 83.9 Å². The molecule has 1 N–H and O–H groups in total. The third-order valence-electron chi connectivity index (χ3n) is 5.98. The molecule has 8 heteroatoms. The highest BCUT2D eigenvalue weighted by Gasteiger charge is 2.16. The van der Waals surface area contributed by atoms with Crippen LogP contribution in [0.2, 0.25) is 0 Å². The van der Waals surface area contributed by atoms with Gasteiger partial charge in [0.05, 0.1) is 35.6 Å². The number of nitrogens with zero attached hydrogens (tertiary/aromatic N) is 3. The van der Waals surface area contributed by atoms with Crippen LogP contribution in [0.25, 0.3) is 33.5 Å². The summed E-state index contributed by atoms with van der Waals surface area (Å²) in [6.45, 7) is 4.46. The van der Waals surface area contributed by atoms with E-state index in [1.54, 1.807) is 42.5 Å². The zero-order chi connectivity index (χ0) is 24.2. The summed E-state index contributed by atoms with van der Waals surface area (Å²) >= 11 is 0. The van der Waals surface area contributed by atoms with E-state index < -0.39 is 0 Å². The van der Waals surface area contributed by atoms with Gasteiger partial charge in [0.15, 0.2) is 0 Å². The highest BCUT2D eigenvalue weighted by Crippen LogP contribution is 2.31. The molecule has 0 saturated carbocycles. The molecule has 6 nitrogen and oxygen atoms in total. The normalized spacial score (nSPS) is 14.2. The number of nitrogens with one attached hydrogen (secondary N) is 1. The summed E-state index contributed by atoms with van der Waals surface area (Å²) in [7, 11) is 0. The molecule has 4 aromatic rings. The number of morpholine rings is 1. The quantitative estimate of drug-likeness (QED) is 0.451. The second kappa shape index (κ2) is 10.2. The molecule has 5 rings (SSSR count). The second-order valence-electron chi connectivity index (χ2n) is 8.35. The molecule has 1 aromatic heterocycles. The van der Waals surface area contributed by atoms with Crippen LogP contribution in [0.1, 0.15) is 10.4 Å². The second-order valence-corrected chi connectivity index (χ2v) is 8.35. The van der Waals surface area contributed by atoms with Gasteiger partial charge in [-0.05, 0) is 66.7 Å². The molecular formula is C27H24F2N4O2. The van der Waals surface area contributed by atoms with Crippen molar-refractivity contribution >= 4 is 16.9 Å². The monoisotopic (exact) mass is 474 g/mol. The van der Waals surface area contributed by atoms with E-state index in [4.69, 9.17) is 14.7 Å². The molecule has 1 aliphatic rings. The van der Waals surface area contributed by atoms with E-state index in [0.29, 0.717) is 58.9 Å². The number of rotatable bonds is 6. The summed E-state index contributed by atoms with van der Waals surface area (Å²) < 4.78 is 32.4. The van der Waals surface area contributed by atoms with Crippen molar-refractivity contribution in [2.75, 3.05) is 39.4 Å². The van der Waals surface area contributed by atoms with Gasteiger partial charge < -0.3 is 10.1 Å². The number of amides is 1. The first-order valence-corrected chi connectivity index (χ1v) is 11.5. The van der Waals surface area contributed by atoms with E-state index in [0.717, 1.165) is 19.6 Å². The number of ether oxygens (including phenoxy) is 1. The number of carbonyl (C=O) groups excluding carboxylic acids is 1. The molecule has 2 heterocycles. The Morgan fingerprint density at radius 1 is 0.829 bits per heavy atom. The van der Waals surface area contributed by atoms with Crippen molar-refractivity contribution in [1.82, 2.24) is 20.2 Å². The van der Waals surface area contributed by atoms with Crippen LogP contribution >= 0.6 is 0 Å². The van der Waals surface area contributed by atoms with Crippen LogP contribution in [-0.2, 0) is 4.74 Å². The Balaban J connectivity index is 1.45. The molecule has 0 atom stereocenters. The number of benzene rings is 3. The molecule has 35 heavy (non-hydrogen) atoms. The van der Waals surface area contributed by atoms with Gasteiger partial charge in [-0.15, -0.1) is 0 Å². The number of hydrogen-bond acceptors (Lipinski definition) is 5. The Kier molecular flexibility index (Phi) is 6.74. The van der Waals surface area contributed by atoms with Gasteiger partial charge in [0.1, 0.15) is 11.6 Å². The highest BCUT2D eigenvalue weighted by molar-refractivity contribution is 5.98. The smallest absolute Gasteiger partial charge is 0.251 e. The van der Waals surface area contributed by atoms with E-state index in [9.17, 15) is 13.6 Å². The first kappa shape index (κ1) is 23.0. The van der Waals surface area contributed by atoms with Crippen molar-refractivity contribution in [3.8, 4) is 22.5 Å². The summed E-state index contributed by atoms with van der Waals surface area (Å²) in [6, 6.07) is 17.1. The number of carbonyl (C=O) groups is 1. The molecular weight excluding hydrogens is 450 g/mol. The van der Waals surface area contributed by atoms with Crippen LogP contribution in [-0.4, -0.2) is 60.2 Å². The minimum absolute atomic E-state index is 0.187. The van der Waals surface area contributed by atoms with E-state index in [-0.39, 0.29) is 17.5 Å². The Labute approximate surface area is 201 Å². The lowest BCUT2D eigenvalue weighted by Gasteiger charge is -2.26. The molecule has 0 bridgehead atoms. The van der Waals surface area contributed by atoms with Gasteiger partial charge in [-0.1, -0.05) is 0 Å². The third kappa shape index (κ3) is 5.34. The Morgan fingerprint density at radius 2 is 1.40 bits per heavy atom. The lowest BCUT2D eigenvalue weighted by atomic mass is 10.0. The van der Waals surface area contributed by atoms with Crippen LogP contribution in [0.3, 0.4) is 0 Å². The Bertz CT molecular complexity index is 1340. The number of hydrogen-bond donors (Lipinski definition) is 1. The number of halogens is 2. The topological polar surface area (TPSA) is 67.4 Å². The van der Waals surface area contributed by atoms with Gasteiger partial charge in [0.2, 0.25) is 0 Å². The lowest BCUT2D eigenvalue weighted by Crippen LogP contribution is -2.41. The molecule has 3 aromatic carbocycles. The van der Waals surface area contributed by atoms with Gasteiger partial charge in [0, 0.05) is 42.9 Å². The van der Waals surface area contributed by atoms with Crippen molar-refractivity contribution in [3.63, 3.8) is 0 Å². The van der Waals surface area contributed by atoms with E-state index in [1.165, 1.54) is 24.3 Å². The first-order valence-electron chi connectivity index (χ1n) is 11.5. The maximum Gasteiger partial charge on any atom is 0.251 e. The number of fused-ring (bicyclic) bond motifs is 1. The number of aromatic nitrogens is 2. The maximum atomic E-state index is 13.6. The average molecular weight is 475 g/mol. The molecule has 1 aliphatic heterocycles. The molecule has 0 spiro atoms. The first-order chi connectivity index (χ1) is 17.1. The van der Waals surface area contributed by atoms with E-state index >= 15 is 0 Å². The van der Waals surface area contributed by atoms with Crippen LogP contribution in [0, 0.1) is 11.6 Å². The molecule has 1 amide bonds. The zero-order valence-electron chi connectivity index (χ0n) is 19.0. The van der Waals surface area contributed by atoms with Gasteiger partial charge in [-0.25, -0.2) is 18.7 Å². The van der Waals surface area contributed by atoms with Gasteiger partial charge >= 0.3 is 0 Å². The van der Waals surface area contributed by atoms with Crippen molar-refractivity contribution in [2.45, 2.75) is 0 Å². The summed E-state index contributed by atoms with van der Waals surface area (Å²) in [6.07, 6.45) is 0. The van der Waals surface area contributed by atoms with Crippen molar-refractivity contribution < 1.29 is 18.3 Å². The van der Waals surface area contributed by atoms with Crippen molar-refractivity contribution in [1.29, 1.82) is 0 Å². The minimum atomic E-state index is -0.359. The molecule has 178 valence electrons. The maximum absolute atomic E-state index is 13.6. The van der Waals surface area contributed by atoms with Crippen LogP contribution in [0.15, 0.2) is 66.7 Å². The predicted molar refractivity (Wildman–Crippen MR) is 130 cm³/mol. The zero-order valence-corrected chi connectivity index (χ0v) is 19.0. The molecule has 0 radical (unpaired) electrons. The summed E-state index contributed by atoms with van der Waals surface area (Å²) in [5.74, 6) is -0.898. The minimum Gasteiger partial charge on any atom is -0.379 e. The molecule has 0 aliphatic carbocycles. The molecule has 0 unspecified atom stereocenters. The Morgan fingerprint density at radius 3 is 2.00 bits per heavy atom. The SMILES string of the molecule is O=C(NCCN1CCOCC1)c1ccc2nc(-c3ccc(F)cc3)c(-c3ccc(F)cc3)nc2c1. The summed E-state index contributed by atoms with van der Waals surface area (Å²) in [4.78, 5) is 24.6. The van der Waals surface area contributed by atoms with Gasteiger partial charge in [0.25, 0.3) is 5.91 Å². The van der Waals surface area contributed by atoms with E-state index in [1.807, 2.05) is 0 Å². The van der Waals surface area contributed by atoms with Gasteiger partial charge in [-0.3, -0.25) is 9.69 Å². The van der Waals surface area contributed by atoms with Crippen LogP contribution < -0.4 is 5.32 Å². The standard InChI is InChI=1S/C27H24F2N4O2/c28-21-6-1-18(2-7-21)25-26(19-3-8-22(29)9-4-19)32-24-17-20(5-10-23(24)31-25)27(34)30-11-12-33-13-15-35-16-14-33/h1-10,17H,11-16H2,(H,30,34). The fourth-order valence-electron chi connectivity index (χ4n) is 4.07. The fraction of sp³-hybridized carbons (Fsp3) is 0.222. The molecule has 1 saturated heterocycles. The third-order valence-corrected chi connectivity index (χ3v) is 5.98. The molecule has 1 fully saturated rings. The fourth-order valence-corrected chi connectivity index (χ4v) is 4.07. The summed E-state index contributed by atoms with van der Waals surface area (Å²) in [5.41, 5.74) is 4.04. The average Bonchev–Trinajstić information content (AvgIpc) is 2.89. The lowest BCUT2D eigenvalue weighted by molar-refractivity contribution is 0.0383. The largest absolute Gasteiger partial charge is 0.379 e. The highest BCUT2D eigenvalue weighted by atomic mass is 19.1. The van der Waals surface area contributed by atoms with Crippen LogP contribution in [0.4, 0.5) is 8.78 Å². The Hall–Kier alpha value is -3.75. The van der Waals surface area contributed by atoms with E-state index in [2.05, 4.69) is 10.2 Å². The predicted octanol–water partition coefficient (Wildman–Crippen LogP) is 4.30.